The van der Waals surface area contributed by atoms with Crippen LogP contribution in [0.25, 0.3) is 15.7 Å². The molecule has 0 saturated carbocycles. The van der Waals surface area contributed by atoms with E-state index in [4.69, 9.17) is 11.3 Å². The number of carbonyl (C=O) groups excluding carboxylic acids is 1. The first-order chi connectivity index (χ1) is 18.8. The van der Waals surface area contributed by atoms with E-state index in [9.17, 15) is 9.18 Å². The maximum absolute atomic E-state index is 15.3. The number of carbonyl (C=O) groups is 1. The van der Waals surface area contributed by atoms with Gasteiger partial charge in [-0.1, -0.05) is 6.92 Å². The van der Waals surface area contributed by atoms with Crippen LogP contribution < -0.4 is 15.0 Å². The first kappa shape index (κ1) is 26.1. The lowest BCUT2D eigenvalue weighted by Crippen LogP contribution is -2.46. The Balaban J connectivity index is 1.39. The number of rotatable bonds is 6. The third-order valence-electron chi connectivity index (χ3n) is 6.86. The molecule has 200 valence electrons. The second-order valence-electron chi connectivity index (χ2n) is 9.26. The lowest BCUT2D eigenvalue weighted by Gasteiger charge is -2.35. The molecule has 0 aliphatic carbocycles. The number of aromatic nitrogens is 3. The van der Waals surface area contributed by atoms with Crippen LogP contribution in [0.4, 0.5) is 31.7 Å². The zero-order valence-corrected chi connectivity index (χ0v) is 21.8. The summed E-state index contributed by atoms with van der Waals surface area (Å²) in [7, 11) is 0. The van der Waals surface area contributed by atoms with Crippen molar-refractivity contribution in [2.45, 2.75) is 20.8 Å². The zero-order valence-electron chi connectivity index (χ0n) is 21.8. The molecule has 0 unspecified atom stereocenters. The lowest BCUT2D eigenvalue weighted by molar-refractivity contribution is 0.0939. The number of nitrogens with zero attached hydrogens (tertiary/aromatic N) is 6. The Bertz CT molecular complexity index is 1590. The van der Waals surface area contributed by atoms with E-state index in [-0.39, 0.29) is 28.3 Å². The summed E-state index contributed by atoms with van der Waals surface area (Å²) in [5.41, 5.74) is 1.93. The number of likely N-dealkylation sites (N-methyl/N-ethyl adjacent to an activating group) is 1. The summed E-state index contributed by atoms with van der Waals surface area (Å²) in [6.45, 7) is 17.7. The van der Waals surface area contributed by atoms with Gasteiger partial charge in [0.2, 0.25) is 11.8 Å². The summed E-state index contributed by atoms with van der Waals surface area (Å²) in [5.74, 6) is -2.66. The molecule has 11 heteroatoms. The third kappa shape index (κ3) is 4.98. The Morgan fingerprint density at radius 3 is 2.49 bits per heavy atom. The van der Waals surface area contributed by atoms with Crippen molar-refractivity contribution in [2.24, 2.45) is 0 Å². The molecule has 1 fully saturated rings. The zero-order chi connectivity index (χ0) is 27.7. The Labute approximate surface area is 224 Å². The molecule has 4 aromatic rings. The molecule has 0 atom stereocenters. The van der Waals surface area contributed by atoms with Crippen LogP contribution in [0.5, 0.6) is 11.6 Å². The number of ether oxygens (including phenoxy) is 1. The number of anilines is 3. The Hall–Kier alpha value is -4.56. The summed E-state index contributed by atoms with van der Waals surface area (Å²) in [5, 5.41) is 2.99. The summed E-state index contributed by atoms with van der Waals surface area (Å²) in [6, 6.07) is 10.0. The van der Waals surface area contributed by atoms with Crippen molar-refractivity contribution in [3.63, 3.8) is 0 Å². The van der Waals surface area contributed by atoms with Crippen molar-refractivity contribution < 1.29 is 18.3 Å². The SMILES string of the molecule is [C-]#[N+]c1c(Nc2ccc(N3CCN(CC)CC3)cc2)ncnc1Oc1cc(F)c2c(cc(C)n2C(C)=O)c1F. The van der Waals surface area contributed by atoms with Crippen LogP contribution in [0.2, 0.25) is 0 Å². The Morgan fingerprint density at radius 1 is 1.13 bits per heavy atom. The highest BCUT2D eigenvalue weighted by molar-refractivity contribution is 5.94. The number of fused-ring (bicyclic) bond motifs is 1. The summed E-state index contributed by atoms with van der Waals surface area (Å²) in [6.07, 6.45) is 1.18. The van der Waals surface area contributed by atoms with Gasteiger partial charge in [-0.05, 0) is 43.8 Å². The fourth-order valence-electron chi connectivity index (χ4n) is 4.85. The van der Waals surface area contributed by atoms with Crippen LogP contribution >= 0.6 is 0 Å². The lowest BCUT2D eigenvalue weighted by atomic mass is 10.2. The molecule has 2 aromatic carbocycles. The predicted octanol–water partition coefficient (Wildman–Crippen LogP) is 5.91. The van der Waals surface area contributed by atoms with Gasteiger partial charge in [0.15, 0.2) is 17.4 Å². The third-order valence-corrected chi connectivity index (χ3v) is 6.86. The van der Waals surface area contributed by atoms with Crippen LogP contribution in [0.1, 0.15) is 24.3 Å². The smallest absolute Gasteiger partial charge is 0.288 e. The minimum absolute atomic E-state index is 0.0883. The van der Waals surface area contributed by atoms with Crippen molar-refractivity contribution in [3.05, 3.63) is 71.5 Å². The van der Waals surface area contributed by atoms with E-state index in [1.54, 1.807) is 6.92 Å². The van der Waals surface area contributed by atoms with E-state index in [0.29, 0.717) is 11.4 Å². The minimum Gasteiger partial charge on any atom is -0.446 e. The highest BCUT2D eigenvalue weighted by Gasteiger charge is 2.23. The van der Waals surface area contributed by atoms with Gasteiger partial charge in [-0.3, -0.25) is 9.36 Å². The molecule has 1 N–H and O–H groups in total. The van der Waals surface area contributed by atoms with Gasteiger partial charge in [0.25, 0.3) is 5.69 Å². The molecule has 1 saturated heterocycles. The van der Waals surface area contributed by atoms with E-state index >= 15 is 4.39 Å². The van der Waals surface area contributed by atoms with Crippen LogP contribution in [0.3, 0.4) is 0 Å². The topological polar surface area (TPSA) is 79.9 Å². The number of hydrogen-bond acceptors (Lipinski definition) is 7. The van der Waals surface area contributed by atoms with E-state index in [1.165, 1.54) is 19.3 Å². The molecular weight excluding hydrogens is 504 g/mol. The van der Waals surface area contributed by atoms with E-state index < -0.39 is 23.3 Å². The van der Waals surface area contributed by atoms with Crippen molar-refractivity contribution in [1.29, 1.82) is 0 Å². The highest BCUT2D eigenvalue weighted by atomic mass is 19.1. The fourth-order valence-corrected chi connectivity index (χ4v) is 4.85. The predicted molar refractivity (Wildman–Crippen MR) is 145 cm³/mol. The van der Waals surface area contributed by atoms with Crippen LogP contribution in [0.15, 0.2) is 42.7 Å². The van der Waals surface area contributed by atoms with Gasteiger partial charge in [-0.2, -0.15) is 0 Å². The molecule has 39 heavy (non-hydrogen) atoms. The summed E-state index contributed by atoms with van der Waals surface area (Å²) >= 11 is 0. The number of hydrogen-bond donors (Lipinski definition) is 1. The number of nitrogens with one attached hydrogen (secondary N) is 1. The van der Waals surface area contributed by atoms with Crippen molar-refractivity contribution in [1.82, 2.24) is 19.4 Å². The quantitative estimate of drug-likeness (QED) is 0.310. The molecule has 0 radical (unpaired) electrons. The molecule has 5 rings (SSSR count). The molecule has 0 spiro atoms. The van der Waals surface area contributed by atoms with Gasteiger partial charge in [-0.15, -0.1) is 0 Å². The molecule has 0 bridgehead atoms. The van der Waals surface area contributed by atoms with E-state index in [1.807, 2.05) is 24.3 Å². The normalized spacial score (nSPS) is 13.9. The van der Waals surface area contributed by atoms with Gasteiger partial charge in [-0.25, -0.2) is 23.6 Å². The van der Waals surface area contributed by atoms with E-state index in [0.717, 1.165) is 49.0 Å². The van der Waals surface area contributed by atoms with Gasteiger partial charge in [0, 0.05) is 61.6 Å². The van der Waals surface area contributed by atoms with Crippen LogP contribution in [-0.4, -0.2) is 58.1 Å². The monoisotopic (exact) mass is 531 g/mol. The maximum Gasteiger partial charge on any atom is 0.288 e. The Kier molecular flexibility index (Phi) is 7.13. The van der Waals surface area contributed by atoms with Crippen molar-refractivity contribution >= 4 is 39.7 Å². The molecule has 3 heterocycles. The standard InChI is InChI=1S/C28H27F2N7O2/c1-5-35-10-12-36(13-11-35)20-8-6-19(7-9-20)34-27-25(31-4)28(33-16-32-27)39-23-15-22(29)26-21(24(23)30)14-17(2)37(26)18(3)38/h6-9,14-16H,5,10-13H2,1-3H3,(H,32,33,34). The number of piperazine rings is 1. The molecule has 9 nitrogen and oxygen atoms in total. The second kappa shape index (κ2) is 10.7. The maximum atomic E-state index is 15.3. The number of aryl methyl sites for hydroxylation is 1. The van der Waals surface area contributed by atoms with Gasteiger partial charge < -0.3 is 19.9 Å². The van der Waals surface area contributed by atoms with Crippen LogP contribution in [-0.2, 0) is 0 Å². The molecule has 1 aliphatic rings. The average molecular weight is 532 g/mol. The van der Waals surface area contributed by atoms with Crippen molar-refractivity contribution in [3.8, 4) is 11.6 Å². The Morgan fingerprint density at radius 2 is 1.85 bits per heavy atom. The molecule has 0 amide bonds. The largest absolute Gasteiger partial charge is 0.446 e. The fraction of sp³-hybridized carbons (Fsp3) is 0.286. The number of halogens is 2. The molecular formula is C28H27F2N7O2. The second-order valence-corrected chi connectivity index (χ2v) is 9.26. The average Bonchev–Trinajstić information content (AvgIpc) is 3.30. The molecule has 1 aliphatic heterocycles. The first-order valence-electron chi connectivity index (χ1n) is 12.6. The van der Waals surface area contributed by atoms with Gasteiger partial charge >= 0.3 is 0 Å². The first-order valence-corrected chi connectivity index (χ1v) is 12.6. The molecule has 2 aromatic heterocycles. The number of benzene rings is 2. The van der Waals surface area contributed by atoms with Gasteiger partial charge in [0.1, 0.15) is 12.1 Å². The van der Waals surface area contributed by atoms with E-state index in [2.05, 4.69) is 36.9 Å². The summed E-state index contributed by atoms with van der Waals surface area (Å²) < 4.78 is 37.0. The van der Waals surface area contributed by atoms with Gasteiger partial charge in [0.05, 0.1) is 12.1 Å². The summed E-state index contributed by atoms with van der Waals surface area (Å²) in [4.78, 5) is 28.3. The minimum atomic E-state index is -0.867. The van der Waals surface area contributed by atoms with Crippen LogP contribution in [0, 0.1) is 25.1 Å². The highest BCUT2D eigenvalue weighted by Crippen LogP contribution is 2.39. The van der Waals surface area contributed by atoms with Crippen molar-refractivity contribution in [2.75, 3.05) is 42.9 Å².